The van der Waals surface area contributed by atoms with Crippen LogP contribution in [0.2, 0.25) is 0 Å². The van der Waals surface area contributed by atoms with E-state index in [1.807, 2.05) is 0 Å². The number of rotatable bonds is 2. The number of aromatic nitrogens is 4. The van der Waals surface area contributed by atoms with Crippen molar-refractivity contribution in [2.75, 3.05) is 0 Å². The van der Waals surface area contributed by atoms with Crippen molar-refractivity contribution in [2.24, 2.45) is 0 Å². The zero-order valence-corrected chi connectivity index (χ0v) is 9.19. The average molecular weight is 240 g/mol. The first-order valence-electron chi connectivity index (χ1n) is 5.25. The topological polar surface area (TPSA) is 80.4 Å². The van der Waals surface area contributed by atoms with E-state index in [2.05, 4.69) is 15.1 Å². The molecule has 0 spiro atoms. The smallest absolute Gasteiger partial charge is 0.354 e. The molecule has 1 N–H and O–H groups in total. The summed E-state index contributed by atoms with van der Waals surface area (Å²) in [5.41, 5.74) is 1.38. The second-order valence-electron chi connectivity index (χ2n) is 3.66. The average Bonchev–Trinajstić information content (AvgIpc) is 2.83. The molecule has 3 rings (SSSR count). The largest absolute Gasteiger partial charge is 0.477 e. The Kier molecular flexibility index (Phi) is 2.26. The molecule has 3 aromatic rings. The Labute approximate surface area is 102 Å². The van der Waals surface area contributed by atoms with E-state index in [-0.39, 0.29) is 5.69 Å². The summed E-state index contributed by atoms with van der Waals surface area (Å²) in [6, 6.07) is 8.39. The molecule has 0 fully saturated rings. The van der Waals surface area contributed by atoms with Gasteiger partial charge in [-0.2, -0.15) is 0 Å². The van der Waals surface area contributed by atoms with Crippen molar-refractivity contribution < 1.29 is 9.90 Å². The lowest BCUT2D eigenvalue weighted by molar-refractivity contribution is 0.0687. The predicted octanol–water partition coefficient (Wildman–Crippen LogP) is 1.49. The van der Waals surface area contributed by atoms with Crippen molar-refractivity contribution in [3.05, 3.63) is 48.4 Å². The van der Waals surface area contributed by atoms with Crippen molar-refractivity contribution in [1.29, 1.82) is 0 Å². The number of carboxylic acids is 1. The molecule has 0 bridgehead atoms. The Morgan fingerprint density at radius 1 is 1.17 bits per heavy atom. The van der Waals surface area contributed by atoms with Gasteiger partial charge in [0.15, 0.2) is 17.2 Å². The van der Waals surface area contributed by atoms with E-state index in [9.17, 15) is 4.79 Å². The number of pyridine rings is 2. The number of hydrogen-bond acceptors (Lipinski definition) is 4. The monoisotopic (exact) mass is 240 g/mol. The summed E-state index contributed by atoms with van der Waals surface area (Å²) < 4.78 is 1.32. The molecular formula is C12H8N4O2. The van der Waals surface area contributed by atoms with Crippen molar-refractivity contribution in [2.45, 2.75) is 0 Å². The van der Waals surface area contributed by atoms with Crippen LogP contribution >= 0.6 is 0 Å². The minimum atomic E-state index is -1.04. The molecule has 6 heteroatoms. The van der Waals surface area contributed by atoms with E-state index in [1.54, 1.807) is 36.7 Å². The molecule has 0 aliphatic heterocycles. The third-order valence-electron chi connectivity index (χ3n) is 2.52. The molecule has 0 radical (unpaired) electrons. The zero-order chi connectivity index (χ0) is 12.5. The number of fused-ring (bicyclic) bond motifs is 1. The molecule has 0 unspecified atom stereocenters. The second-order valence-corrected chi connectivity index (χ2v) is 3.66. The van der Waals surface area contributed by atoms with E-state index < -0.39 is 5.97 Å². The highest BCUT2D eigenvalue weighted by Crippen LogP contribution is 2.15. The SMILES string of the molecule is O=C(O)c1cccc2nc(-c3ccncc3)nn12. The number of nitrogens with zero attached hydrogens (tertiary/aromatic N) is 4. The normalized spacial score (nSPS) is 10.7. The molecular weight excluding hydrogens is 232 g/mol. The first-order valence-corrected chi connectivity index (χ1v) is 5.25. The molecule has 0 amide bonds. The van der Waals surface area contributed by atoms with E-state index in [0.717, 1.165) is 5.56 Å². The lowest BCUT2D eigenvalue weighted by Gasteiger charge is -1.96. The van der Waals surface area contributed by atoms with Crippen LogP contribution < -0.4 is 0 Å². The first kappa shape index (κ1) is 10.4. The fourth-order valence-corrected chi connectivity index (χ4v) is 1.69. The van der Waals surface area contributed by atoms with Gasteiger partial charge in [-0.15, -0.1) is 5.10 Å². The Morgan fingerprint density at radius 3 is 2.67 bits per heavy atom. The fourth-order valence-electron chi connectivity index (χ4n) is 1.69. The lowest BCUT2D eigenvalue weighted by Crippen LogP contribution is -2.05. The number of carboxylic acid groups (broad SMARTS) is 1. The van der Waals surface area contributed by atoms with Crippen molar-refractivity contribution in [1.82, 2.24) is 19.6 Å². The van der Waals surface area contributed by atoms with E-state index in [4.69, 9.17) is 5.11 Å². The summed E-state index contributed by atoms with van der Waals surface area (Å²) in [5, 5.41) is 13.3. The van der Waals surface area contributed by atoms with Gasteiger partial charge in [0.05, 0.1) is 0 Å². The van der Waals surface area contributed by atoms with Crippen LogP contribution in [0, 0.1) is 0 Å². The van der Waals surface area contributed by atoms with Gasteiger partial charge >= 0.3 is 5.97 Å². The molecule has 0 aromatic carbocycles. The van der Waals surface area contributed by atoms with Gasteiger partial charge in [-0.3, -0.25) is 4.98 Å². The molecule has 0 atom stereocenters. The molecule has 0 aliphatic carbocycles. The maximum absolute atomic E-state index is 11.1. The molecule has 88 valence electrons. The number of hydrogen-bond donors (Lipinski definition) is 1. The number of carbonyl (C=O) groups is 1. The van der Waals surface area contributed by atoms with Crippen LogP contribution in [-0.2, 0) is 0 Å². The summed E-state index contributed by atoms with van der Waals surface area (Å²) in [6.45, 7) is 0. The quantitative estimate of drug-likeness (QED) is 0.734. The van der Waals surface area contributed by atoms with Gasteiger partial charge in [0.2, 0.25) is 0 Å². The van der Waals surface area contributed by atoms with Crippen molar-refractivity contribution in [3.8, 4) is 11.4 Å². The standard InChI is InChI=1S/C12H8N4O2/c17-12(18)9-2-1-3-10-14-11(15-16(9)10)8-4-6-13-7-5-8/h1-7H,(H,17,18). The Bertz CT molecular complexity index is 721. The maximum atomic E-state index is 11.1. The zero-order valence-electron chi connectivity index (χ0n) is 9.19. The molecule has 18 heavy (non-hydrogen) atoms. The van der Waals surface area contributed by atoms with Gasteiger partial charge in [0.25, 0.3) is 0 Å². The summed E-state index contributed by atoms with van der Waals surface area (Å²) in [5.74, 6) is -0.558. The number of aromatic carboxylic acids is 1. The van der Waals surface area contributed by atoms with Gasteiger partial charge in [0.1, 0.15) is 0 Å². The van der Waals surface area contributed by atoms with Crippen LogP contribution in [0.5, 0.6) is 0 Å². The molecule has 0 saturated heterocycles. The Morgan fingerprint density at radius 2 is 1.94 bits per heavy atom. The molecule has 0 aliphatic rings. The Balaban J connectivity index is 2.23. The third-order valence-corrected chi connectivity index (χ3v) is 2.52. The van der Waals surface area contributed by atoms with Crippen LogP contribution in [0.1, 0.15) is 10.5 Å². The Hall–Kier alpha value is -2.76. The van der Waals surface area contributed by atoms with Gasteiger partial charge < -0.3 is 5.11 Å². The minimum absolute atomic E-state index is 0.0836. The summed E-state index contributed by atoms with van der Waals surface area (Å²) in [6.07, 6.45) is 3.28. The lowest BCUT2D eigenvalue weighted by atomic mass is 10.3. The molecule has 6 nitrogen and oxygen atoms in total. The summed E-state index contributed by atoms with van der Waals surface area (Å²) in [4.78, 5) is 19.3. The highest BCUT2D eigenvalue weighted by Gasteiger charge is 2.12. The van der Waals surface area contributed by atoms with Gasteiger partial charge in [-0.25, -0.2) is 14.3 Å². The molecule has 3 heterocycles. The van der Waals surface area contributed by atoms with Crippen LogP contribution in [0.3, 0.4) is 0 Å². The molecule has 3 aromatic heterocycles. The van der Waals surface area contributed by atoms with E-state index in [0.29, 0.717) is 11.5 Å². The van der Waals surface area contributed by atoms with Crippen LogP contribution in [0.4, 0.5) is 0 Å². The van der Waals surface area contributed by atoms with Gasteiger partial charge in [-0.1, -0.05) is 6.07 Å². The van der Waals surface area contributed by atoms with Gasteiger partial charge in [-0.05, 0) is 24.3 Å². The fraction of sp³-hybridized carbons (Fsp3) is 0. The van der Waals surface area contributed by atoms with E-state index >= 15 is 0 Å². The predicted molar refractivity (Wildman–Crippen MR) is 63.2 cm³/mol. The highest BCUT2D eigenvalue weighted by molar-refractivity contribution is 5.86. The molecule has 0 saturated carbocycles. The van der Waals surface area contributed by atoms with Crippen molar-refractivity contribution >= 4 is 11.6 Å². The van der Waals surface area contributed by atoms with Crippen LogP contribution in [0.15, 0.2) is 42.7 Å². The minimum Gasteiger partial charge on any atom is -0.477 e. The second kappa shape index (κ2) is 3.92. The van der Waals surface area contributed by atoms with Crippen LogP contribution in [0.25, 0.3) is 17.0 Å². The highest BCUT2D eigenvalue weighted by atomic mass is 16.4. The first-order chi connectivity index (χ1) is 8.75. The van der Waals surface area contributed by atoms with Gasteiger partial charge in [0, 0.05) is 18.0 Å². The summed E-state index contributed by atoms with van der Waals surface area (Å²) >= 11 is 0. The maximum Gasteiger partial charge on any atom is 0.354 e. The van der Waals surface area contributed by atoms with Crippen molar-refractivity contribution in [3.63, 3.8) is 0 Å². The van der Waals surface area contributed by atoms with E-state index in [1.165, 1.54) is 10.6 Å². The van der Waals surface area contributed by atoms with Crippen LogP contribution in [-0.4, -0.2) is 30.7 Å². The summed E-state index contributed by atoms with van der Waals surface area (Å²) in [7, 11) is 0. The third kappa shape index (κ3) is 1.60.